The van der Waals surface area contributed by atoms with Crippen LogP contribution in [0, 0.1) is 6.92 Å². The van der Waals surface area contributed by atoms with Gasteiger partial charge in [-0.2, -0.15) is 0 Å². The second-order valence-electron chi connectivity index (χ2n) is 4.71. The van der Waals surface area contributed by atoms with Gasteiger partial charge in [0.25, 0.3) is 0 Å². The third kappa shape index (κ3) is 4.60. The summed E-state index contributed by atoms with van der Waals surface area (Å²) >= 11 is 1.87. The van der Waals surface area contributed by atoms with Gasteiger partial charge in [-0.15, -0.1) is 0 Å². The Morgan fingerprint density at radius 2 is 1.68 bits per heavy atom. The fourth-order valence-corrected chi connectivity index (χ4v) is 2.90. The quantitative estimate of drug-likeness (QED) is 0.634. The Balaban J connectivity index is 1.88. The van der Waals surface area contributed by atoms with Crippen molar-refractivity contribution in [2.45, 2.75) is 31.6 Å². The van der Waals surface area contributed by atoms with Gasteiger partial charge in [0.1, 0.15) is 0 Å². The van der Waals surface area contributed by atoms with Crippen molar-refractivity contribution in [3.8, 4) is 0 Å². The van der Waals surface area contributed by atoms with E-state index in [9.17, 15) is 0 Å². The van der Waals surface area contributed by atoms with E-state index in [1.54, 1.807) is 0 Å². The first-order chi connectivity index (χ1) is 9.25. The largest absolute Gasteiger partial charge is 0.0949 e. The third-order valence-electron chi connectivity index (χ3n) is 3.07. The molecule has 0 aliphatic heterocycles. The summed E-state index contributed by atoms with van der Waals surface area (Å²) in [5, 5.41) is 0. The molecule has 0 bridgehead atoms. The average Bonchev–Trinajstić information content (AvgIpc) is 2.43. The standard InChI is InChI=1S/C18H20S/c1-15-9-6-7-14-18(15)19-16(2)10-8-13-17-11-4-3-5-12-17/h3-7,9-12,14H,8,13H2,1-2H3. The van der Waals surface area contributed by atoms with E-state index >= 15 is 0 Å². The third-order valence-corrected chi connectivity index (χ3v) is 4.24. The number of allylic oxidation sites excluding steroid dienone is 2. The number of benzene rings is 2. The minimum absolute atomic E-state index is 1.11. The topological polar surface area (TPSA) is 0 Å². The zero-order chi connectivity index (χ0) is 13.5. The molecule has 0 aliphatic rings. The molecular weight excluding hydrogens is 248 g/mol. The molecular formula is C18H20S. The monoisotopic (exact) mass is 268 g/mol. The summed E-state index contributed by atoms with van der Waals surface area (Å²) in [5.41, 5.74) is 2.76. The smallest absolute Gasteiger partial charge is 0.0148 e. The number of aryl methyl sites for hydroxylation is 2. The number of rotatable bonds is 5. The highest BCUT2D eigenvalue weighted by molar-refractivity contribution is 8.03. The molecule has 98 valence electrons. The Morgan fingerprint density at radius 3 is 2.42 bits per heavy atom. The van der Waals surface area contributed by atoms with Crippen LogP contribution >= 0.6 is 11.8 Å². The highest BCUT2D eigenvalue weighted by Crippen LogP contribution is 2.29. The molecule has 2 aromatic rings. The first kappa shape index (κ1) is 14.0. The zero-order valence-corrected chi connectivity index (χ0v) is 12.4. The SMILES string of the molecule is CC(=CCCc1ccccc1)Sc1ccccc1C. The van der Waals surface area contributed by atoms with Gasteiger partial charge >= 0.3 is 0 Å². The molecule has 0 unspecified atom stereocenters. The first-order valence-corrected chi connectivity index (χ1v) is 7.51. The maximum Gasteiger partial charge on any atom is 0.0148 e. The summed E-state index contributed by atoms with van der Waals surface area (Å²) in [6.07, 6.45) is 4.56. The van der Waals surface area contributed by atoms with Gasteiger partial charge in [-0.3, -0.25) is 0 Å². The van der Waals surface area contributed by atoms with Gasteiger partial charge in [-0.25, -0.2) is 0 Å². The molecule has 2 aromatic carbocycles. The molecule has 0 nitrogen and oxygen atoms in total. The molecule has 0 amide bonds. The molecule has 0 aromatic heterocycles. The van der Waals surface area contributed by atoms with Crippen LogP contribution in [0.3, 0.4) is 0 Å². The Bertz CT molecular complexity index is 541. The van der Waals surface area contributed by atoms with Crippen molar-refractivity contribution < 1.29 is 0 Å². The summed E-state index contributed by atoms with van der Waals surface area (Å²) in [6.45, 7) is 4.36. The van der Waals surface area contributed by atoms with Crippen molar-refractivity contribution in [1.82, 2.24) is 0 Å². The van der Waals surface area contributed by atoms with E-state index in [1.165, 1.54) is 20.9 Å². The van der Waals surface area contributed by atoms with Crippen LogP contribution in [0.25, 0.3) is 0 Å². The van der Waals surface area contributed by atoms with E-state index in [0.29, 0.717) is 0 Å². The van der Waals surface area contributed by atoms with Crippen LogP contribution in [0.2, 0.25) is 0 Å². The Labute approximate surface area is 120 Å². The molecule has 19 heavy (non-hydrogen) atoms. The summed E-state index contributed by atoms with van der Waals surface area (Å²) in [6, 6.07) is 19.2. The van der Waals surface area contributed by atoms with Crippen molar-refractivity contribution >= 4 is 11.8 Å². The molecule has 0 heterocycles. The predicted molar refractivity (Wildman–Crippen MR) is 85.6 cm³/mol. The van der Waals surface area contributed by atoms with Crippen LogP contribution in [-0.4, -0.2) is 0 Å². The predicted octanol–water partition coefficient (Wildman–Crippen LogP) is 5.62. The van der Waals surface area contributed by atoms with Gasteiger partial charge in [0.2, 0.25) is 0 Å². The normalized spacial score (nSPS) is 11.6. The van der Waals surface area contributed by atoms with Crippen LogP contribution < -0.4 is 0 Å². The number of thioether (sulfide) groups is 1. The molecule has 1 heteroatoms. The van der Waals surface area contributed by atoms with Gasteiger partial charge in [0.05, 0.1) is 0 Å². The lowest BCUT2D eigenvalue weighted by atomic mass is 10.1. The summed E-state index contributed by atoms with van der Waals surface area (Å²) in [7, 11) is 0. The van der Waals surface area contributed by atoms with E-state index in [4.69, 9.17) is 0 Å². The van der Waals surface area contributed by atoms with E-state index in [-0.39, 0.29) is 0 Å². The van der Waals surface area contributed by atoms with Crippen molar-refractivity contribution in [1.29, 1.82) is 0 Å². The zero-order valence-electron chi connectivity index (χ0n) is 11.6. The number of hydrogen-bond acceptors (Lipinski definition) is 1. The maximum atomic E-state index is 2.34. The maximum absolute atomic E-state index is 2.34. The van der Waals surface area contributed by atoms with Gasteiger partial charge < -0.3 is 0 Å². The molecule has 0 spiro atoms. The molecule has 0 saturated heterocycles. The average molecular weight is 268 g/mol. The Morgan fingerprint density at radius 1 is 1.00 bits per heavy atom. The van der Waals surface area contributed by atoms with Crippen LogP contribution in [0.4, 0.5) is 0 Å². The Hall–Kier alpha value is -1.47. The molecule has 2 rings (SSSR count). The Kier molecular flexibility index (Phi) is 5.29. The lowest BCUT2D eigenvalue weighted by Gasteiger charge is -2.05. The van der Waals surface area contributed by atoms with Crippen LogP contribution in [0.15, 0.2) is 70.5 Å². The minimum atomic E-state index is 1.11. The lowest BCUT2D eigenvalue weighted by Crippen LogP contribution is -1.83. The van der Waals surface area contributed by atoms with Crippen LogP contribution in [0.1, 0.15) is 24.5 Å². The second kappa shape index (κ2) is 7.20. The van der Waals surface area contributed by atoms with Crippen molar-refractivity contribution in [2.24, 2.45) is 0 Å². The molecule has 0 N–H and O–H groups in total. The van der Waals surface area contributed by atoms with Gasteiger partial charge in [0.15, 0.2) is 0 Å². The summed E-state index contributed by atoms with van der Waals surface area (Å²) in [5.74, 6) is 0. The van der Waals surface area contributed by atoms with Gasteiger partial charge in [-0.1, -0.05) is 66.4 Å². The molecule has 0 atom stereocenters. The summed E-state index contributed by atoms with van der Waals surface area (Å²) < 4.78 is 0. The van der Waals surface area contributed by atoms with E-state index in [2.05, 4.69) is 74.5 Å². The van der Waals surface area contributed by atoms with E-state index in [0.717, 1.165) is 12.8 Å². The molecule has 0 fully saturated rings. The molecule has 0 radical (unpaired) electrons. The minimum Gasteiger partial charge on any atom is -0.0949 e. The van der Waals surface area contributed by atoms with E-state index in [1.807, 2.05) is 11.8 Å². The van der Waals surface area contributed by atoms with Crippen LogP contribution in [0.5, 0.6) is 0 Å². The second-order valence-corrected chi connectivity index (χ2v) is 5.99. The van der Waals surface area contributed by atoms with Gasteiger partial charge in [0, 0.05) is 4.90 Å². The number of hydrogen-bond donors (Lipinski definition) is 0. The molecule has 0 saturated carbocycles. The summed E-state index contributed by atoms with van der Waals surface area (Å²) in [4.78, 5) is 2.74. The molecule has 0 aliphatic carbocycles. The highest BCUT2D eigenvalue weighted by atomic mass is 32.2. The van der Waals surface area contributed by atoms with Crippen molar-refractivity contribution in [2.75, 3.05) is 0 Å². The van der Waals surface area contributed by atoms with Gasteiger partial charge in [-0.05, 0) is 48.8 Å². The highest BCUT2D eigenvalue weighted by Gasteiger charge is 1.99. The van der Waals surface area contributed by atoms with Crippen molar-refractivity contribution in [3.63, 3.8) is 0 Å². The van der Waals surface area contributed by atoms with E-state index < -0.39 is 0 Å². The first-order valence-electron chi connectivity index (χ1n) is 6.70. The fourth-order valence-electron chi connectivity index (χ4n) is 1.97. The fraction of sp³-hybridized carbons (Fsp3) is 0.222. The van der Waals surface area contributed by atoms with Crippen molar-refractivity contribution in [3.05, 3.63) is 76.7 Å². The van der Waals surface area contributed by atoms with Crippen LogP contribution in [-0.2, 0) is 6.42 Å². The lowest BCUT2D eigenvalue weighted by molar-refractivity contribution is 0.997.